The van der Waals surface area contributed by atoms with Crippen molar-refractivity contribution in [2.45, 2.75) is 18.6 Å². The predicted molar refractivity (Wildman–Crippen MR) is 49.5 cm³/mol. The maximum Gasteiger partial charge on any atom is 0.390 e. The minimum absolute atomic E-state index is 0.414. The van der Waals surface area contributed by atoms with Crippen LogP contribution in [0.5, 0.6) is 0 Å². The summed E-state index contributed by atoms with van der Waals surface area (Å²) in [7, 11) is 0. The molecule has 0 aliphatic rings. The summed E-state index contributed by atoms with van der Waals surface area (Å²) in [6.45, 7) is 0. The first kappa shape index (κ1) is 11.5. The summed E-state index contributed by atoms with van der Waals surface area (Å²) in [6.07, 6.45) is -2.44. The molecule has 0 radical (unpaired) electrons. The second kappa shape index (κ2) is 4.27. The molecule has 14 heavy (non-hydrogen) atoms. The normalized spacial score (nSPS) is 14.1. The Balaban J connectivity index is 2.80. The van der Waals surface area contributed by atoms with Crippen LogP contribution in [0.15, 0.2) is 22.9 Å². The number of nitrogens with zero attached hydrogens (tertiary/aromatic N) is 1. The molecule has 1 atom stereocenters. The number of rotatable bonds is 2. The Morgan fingerprint density at radius 3 is 2.64 bits per heavy atom. The van der Waals surface area contributed by atoms with Crippen molar-refractivity contribution in [3.63, 3.8) is 0 Å². The molecule has 1 aromatic rings. The van der Waals surface area contributed by atoms with Crippen LogP contribution >= 0.6 is 15.9 Å². The van der Waals surface area contributed by atoms with Gasteiger partial charge in [-0.15, -0.1) is 0 Å². The van der Waals surface area contributed by atoms with E-state index in [0.29, 0.717) is 10.0 Å². The number of halogens is 4. The van der Waals surface area contributed by atoms with Crippen LogP contribution in [0, 0.1) is 0 Å². The lowest BCUT2D eigenvalue weighted by atomic mass is 10.1. The molecule has 2 nitrogen and oxygen atoms in total. The Hall–Kier alpha value is -0.620. The average molecular weight is 269 g/mol. The van der Waals surface area contributed by atoms with E-state index in [1.54, 1.807) is 0 Å². The predicted octanol–water partition coefficient (Wildman–Crippen LogP) is 2.80. The summed E-state index contributed by atoms with van der Waals surface area (Å²) in [6, 6.07) is 0.424. The van der Waals surface area contributed by atoms with Gasteiger partial charge in [0, 0.05) is 22.9 Å². The number of alkyl halides is 3. The van der Waals surface area contributed by atoms with Gasteiger partial charge in [0.1, 0.15) is 0 Å². The van der Waals surface area contributed by atoms with E-state index in [1.807, 2.05) is 0 Å². The van der Waals surface area contributed by atoms with Gasteiger partial charge in [-0.1, -0.05) is 0 Å². The van der Waals surface area contributed by atoms with Crippen LogP contribution in [0.2, 0.25) is 0 Å². The molecule has 0 saturated heterocycles. The molecule has 0 amide bonds. The summed E-state index contributed by atoms with van der Waals surface area (Å²) in [4.78, 5) is 3.74. The van der Waals surface area contributed by atoms with Gasteiger partial charge >= 0.3 is 6.18 Å². The molecule has 78 valence electrons. The van der Waals surface area contributed by atoms with Crippen LogP contribution < -0.4 is 5.73 Å². The zero-order valence-corrected chi connectivity index (χ0v) is 8.64. The first-order valence-electron chi connectivity index (χ1n) is 3.82. The van der Waals surface area contributed by atoms with E-state index >= 15 is 0 Å². The third kappa shape index (κ3) is 3.26. The molecule has 0 aliphatic carbocycles. The van der Waals surface area contributed by atoms with E-state index in [-0.39, 0.29) is 0 Å². The van der Waals surface area contributed by atoms with Gasteiger partial charge in [0.25, 0.3) is 0 Å². The van der Waals surface area contributed by atoms with Gasteiger partial charge in [0.05, 0.1) is 6.42 Å². The van der Waals surface area contributed by atoms with E-state index in [1.165, 1.54) is 18.5 Å². The van der Waals surface area contributed by atoms with E-state index < -0.39 is 18.6 Å². The van der Waals surface area contributed by atoms with Gasteiger partial charge in [-0.05, 0) is 27.6 Å². The highest BCUT2D eigenvalue weighted by molar-refractivity contribution is 9.10. The van der Waals surface area contributed by atoms with Crippen molar-refractivity contribution in [3.05, 3.63) is 28.5 Å². The summed E-state index contributed by atoms with van der Waals surface area (Å²) in [5, 5.41) is 0. The monoisotopic (exact) mass is 268 g/mol. The zero-order valence-electron chi connectivity index (χ0n) is 7.05. The molecule has 0 bridgehead atoms. The molecule has 0 spiro atoms. The van der Waals surface area contributed by atoms with Gasteiger partial charge < -0.3 is 5.73 Å². The van der Waals surface area contributed by atoms with Crippen LogP contribution in [0.1, 0.15) is 18.0 Å². The summed E-state index contributed by atoms with van der Waals surface area (Å²) in [5.74, 6) is 0. The van der Waals surface area contributed by atoms with Gasteiger partial charge in [0.2, 0.25) is 0 Å². The standard InChI is InChI=1S/C8H8BrF3N2/c9-6-4-14-2-1-5(6)7(13)3-8(10,11)12/h1-2,4,7H,3,13H2. The summed E-state index contributed by atoms with van der Waals surface area (Å²) in [5.41, 5.74) is 5.82. The van der Waals surface area contributed by atoms with Gasteiger partial charge in [-0.2, -0.15) is 13.2 Å². The Morgan fingerprint density at radius 2 is 2.14 bits per heavy atom. The lowest BCUT2D eigenvalue weighted by Gasteiger charge is -2.15. The van der Waals surface area contributed by atoms with E-state index in [4.69, 9.17) is 5.73 Å². The molecule has 0 fully saturated rings. The van der Waals surface area contributed by atoms with Crippen LogP contribution in [-0.4, -0.2) is 11.2 Å². The maximum atomic E-state index is 12.0. The van der Waals surface area contributed by atoms with Gasteiger partial charge in [-0.3, -0.25) is 4.98 Å². The lowest BCUT2D eigenvalue weighted by Crippen LogP contribution is -2.20. The molecular formula is C8H8BrF3N2. The second-order valence-corrected chi connectivity index (χ2v) is 3.68. The van der Waals surface area contributed by atoms with Crippen molar-refractivity contribution in [3.8, 4) is 0 Å². The molecule has 0 aliphatic heterocycles. The Labute approximate surface area is 87.4 Å². The topological polar surface area (TPSA) is 38.9 Å². The second-order valence-electron chi connectivity index (χ2n) is 2.82. The highest BCUT2D eigenvalue weighted by Gasteiger charge is 2.31. The number of aromatic nitrogens is 1. The average Bonchev–Trinajstić information content (AvgIpc) is 2.01. The minimum atomic E-state index is -4.25. The van der Waals surface area contributed by atoms with Gasteiger partial charge in [-0.25, -0.2) is 0 Å². The Morgan fingerprint density at radius 1 is 1.50 bits per heavy atom. The highest BCUT2D eigenvalue weighted by atomic mass is 79.9. The SMILES string of the molecule is NC(CC(F)(F)F)c1ccncc1Br. The number of nitrogens with two attached hydrogens (primary N) is 1. The van der Waals surface area contributed by atoms with Crippen LogP contribution in [0.25, 0.3) is 0 Å². The van der Waals surface area contributed by atoms with Crippen molar-refractivity contribution >= 4 is 15.9 Å². The maximum absolute atomic E-state index is 12.0. The van der Waals surface area contributed by atoms with E-state index in [2.05, 4.69) is 20.9 Å². The van der Waals surface area contributed by atoms with Crippen LogP contribution in [0.4, 0.5) is 13.2 Å². The molecule has 0 saturated carbocycles. The number of pyridine rings is 1. The van der Waals surface area contributed by atoms with Crippen molar-refractivity contribution in [2.75, 3.05) is 0 Å². The van der Waals surface area contributed by atoms with Crippen molar-refractivity contribution in [2.24, 2.45) is 5.73 Å². The lowest BCUT2D eigenvalue weighted by molar-refractivity contribution is -0.138. The molecule has 2 N–H and O–H groups in total. The van der Waals surface area contributed by atoms with Crippen molar-refractivity contribution in [1.29, 1.82) is 0 Å². The fourth-order valence-corrected chi connectivity index (χ4v) is 1.59. The van der Waals surface area contributed by atoms with Crippen molar-refractivity contribution in [1.82, 2.24) is 4.98 Å². The Bertz CT molecular complexity index is 314. The fourth-order valence-electron chi connectivity index (χ4n) is 1.05. The van der Waals surface area contributed by atoms with E-state index in [9.17, 15) is 13.2 Å². The third-order valence-corrected chi connectivity index (χ3v) is 2.32. The van der Waals surface area contributed by atoms with Crippen LogP contribution in [-0.2, 0) is 0 Å². The largest absolute Gasteiger partial charge is 0.390 e. The molecule has 1 aromatic heterocycles. The van der Waals surface area contributed by atoms with Crippen LogP contribution in [0.3, 0.4) is 0 Å². The number of hydrogen-bond donors (Lipinski definition) is 1. The molecule has 1 unspecified atom stereocenters. The zero-order chi connectivity index (χ0) is 10.8. The summed E-state index contributed by atoms with van der Waals surface area (Å²) < 4.78 is 36.5. The molecule has 1 rings (SSSR count). The highest BCUT2D eigenvalue weighted by Crippen LogP contribution is 2.30. The molecule has 6 heteroatoms. The van der Waals surface area contributed by atoms with Gasteiger partial charge in [0.15, 0.2) is 0 Å². The molecule has 0 aromatic carbocycles. The molecular weight excluding hydrogens is 261 g/mol. The Kier molecular flexibility index (Phi) is 3.49. The number of hydrogen-bond acceptors (Lipinski definition) is 2. The van der Waals surface area contributed by atoms with Crippen molar-refractivity contribution < 1.29 is 13.2 Å². The fraction of sp³-hybridized carbons (Fsp3) is 0.375. The van der Waals surface area contributed by atoms with E-state index in [0.717, 1.165) is 0 Å². The quantitative estimate of drug-likeness (QED) is 0.896. The minimum Gasteiger partial charge on any atom is -0.324 e. The summed E-state index contributed by atoms with van der Waals surface area (Å²) >= 11 is 3.09. The first-order valence-corrected chi connectivity index (χ1v) is 4.61. The smallest absolute Gasteiger partial charge is 0.324 e. The third-order valence-electron chi connectivity index (χ3n) is 1.65. The first-order chi connectivity index (χ1) is 6.40. The molecule has 1 heterocycles.